The molecule has 0 bridgehead atoms. The molecule has 2 rings (SSSR count). The molecule has 2 aromatic rings. The van der Waals surface area contributed by atoms with Crippen molar-refractivity contribution in [3.8, 4) is 0 Å². The van der Waals surface area contributed by atoms with Crippen molar-refractivity contribution in [2.45, 2.75) is 18.4 Å². The van der Waals surface area contributed by atoms with Crippen LogP contribution in [-0.2, 0) is 16.6 Å². The summed E-state index contributed by atoms with van der Waals surface area (Å²) in [6.07, 6.45) is 1.45. The van der Waals surface area contributed by atoms with Gasteiger partial charge in [0.05, 0.1) is 6.61 Å². The van der Waals surface area contributed by atoms with Crippen LogP contribution < -0.4 is 4.72 Å². The van der Waals surface area contributed by atoms with Crippen LogP contribution in [0.2, 0.25) is 0 Å². The van der Waals surface area contributed by atoms with Gasteiger partial charge in [0.15, 0.2) is 5.82 Å². The molecule has 0 aliphatic rings. The summed E-state index contributed by atoms with van der Waals surface area (Å²) in [5, 5.41) is 16.5. The summed E-state index contributed by atoms with van der Waals surface area (Å²) in [4.78, 5) is 0.0483. The fourth-order valence-corrected chi connectivity index (χ4v) is 3.71. The van der Waals surface area contributed by atoms with Crippen molar-refractivity contribution in [1.29, 1.82) is 0 Å². The molecule has 8 heteroatoms. The van der Waals surface area contributed by atoms with Crippen LogP contribution >= 0.6 is 15.9 Å². The number of sulfonamides is 1. The third kappa shape index (κ3) is 3.14. The SMILES string of the molecule is Cc1cc(CO)cc(S(=O)(=O)Nc2cccnn2)c1Br. The molecule has 1 aromatic heterocycles. The van der Waals surface area contributed by atoms with Crippen LogP contribution in [-0.4, -0.2) is 23.7 Å². The van der Waals surface area contributed by atoms with Gasteiger partial charge in [-0.05, 0) is 52.2 Å². The van der Waals surface area contributed by atoms with E-state index in [1.165, 1.54) is 18.3 Å². The van der Waals surface area contributed by atoms with E-state index in [9.17, 15) is 13.5 Å². The molecule has 0 spiro atoms. The summed E-state index contributed by atoms with van der Waals surface area (Å²) >= 11 is 3.26. The van der Waals surface area contributed by atoms with Gasteiger partial charge in [-0.25, -0.2) is 8.42 Å². The number of hydrogen-bond donors (Lipinski definition) is 2. The minimum absolute atomic E-state index is 0.0483. The highest BCUT2D eigenvalue weighted by molar-refractivity contribution is 9.10. The number of benzene rings is 1. The Morgan fingerprint density at radius 3 is 2.75 bits per heavy atom. The average Bonchev–Trinajstić information content (AvgIpc) is 2.42. The molecular weight excluding hydrogens is 346 g/mol. The number of aliphatic hydroxyl groups excluding tert-OH is 1. The Hall–Kier alpha value is -1.51. The number of nitrogens with one attached hydrogen (secondary N) is 1. The van der Waals surface area contributed by atoms with E-state index in [4.69, 9.17) is 0 Å². The molecule has 0 aliphatic heterocycles. The van der Waals surface area contributed by atoms with E-state index in [0.717, 1.165) is 5.56 Å². The summed E-state index contributed by atoms with van der Waals surface area (Å²) in [7, 11) is -3.81. The minimum atomic E-state index is -3.81. The highest BCUT2D eigenvalue weighted by atomic mass is 79.9. The highest BCUT2D eigenvalue weighted by Gasteiger charge is 2.20. The predicted octanol–water partition coefficient (Wildman–Crippen LogP) is 1.84. The van der Waals surface area contributed by atoms with Crippen LogP contribution in [0.25, 0.3) is 0 Å². The molecule has 0 aliphatic carbocycles. The van der Waals surface area contributed by atoms with Crippen molar-refractivity contribution in [3.05, 3.63) is 46.1 Å². The van der Waals surface area contributed by atoms with Gasteiger partial charge in [0.2, 0.25) is 0 Å². The van der Waals surface area contributed by atoms with Crippen LogP contribution in [0.3, 0.4) is 0 Å². The number of nitrogens with zero attached hydrogens (tertiary/aromatic N) is 2. The Balaban J connectivity index is 2.47. The lowest BCUT2D eigenvalue weighted by atomic mass is 10.1. The Kier molecular flexibility index (Phi) is 4.36. The largest absolute Gasteiger partial charge is 0.392 e. The average molecular weight is 358 g/mol. The fraction of sp³-hybridized carbons (Fsp3) is 0.167. The Morgan fingerprint density at radius 1 is 1.40 bits per heavy atom. The number of hydrogen-bond acceptors (Lipinski definition) is 5. The zero-order chi connectivity index (χ0) is 14.8. The molecular formula is C12H12BrN3O3S. The predicted molar refractivity (Wildman–Crippen MR) is 77.6 cm³/mol. The highest BCUT2D eigenvalue weighted by Crippen LogP contribution is 2.28. The Bertz CT molecular complexity index is 720. The summed E-state index contributed by atoms with van der Waals surface area (Å²) in [6.45, 7) is 1.52. The third-order valence-electron chi connectivity index (χ3n) is 2.56. The van der Waals surface area contributed by atoms with E-state index in [0.29, 0.717) is 10.0 Å². The van der Waals surface area contributed by atoms with Crippen molar-refractivity contribution < 1.29 is 13.5 Å². The van der Waals surface area contributed by atoms with Crippen LogP contribution in [0.1, 0.15) is 11.1 Å². The van der Waals surface area contributed by atoms with Gasteiger partial charge in [-0.2, -0.15) is 5.10 Å². The Morgan fingerprint density at radius 2 is 2.15 bits per heavy atom. The Labute approximate surface area is 125 Å². The number of aliphatic hydroxyl groups is 1. The second-order valence-electron chi connectivity index (χ2n) is 4.10. The minimum Gasteiger partial charge on any atom is -0.392 e. The van der Waals surface area contributed by atoms with Gasteiger partial charge >= 0.3 is 0 Å². The summed E-state index contributed by atoms with van der Waals surface area (Å²) < 4.78 is 27.5. The summed E-state index contributed by atoms with van der Waals surface area (Å²) in [5.41, 5.74) is 1.24. The van der Waals surface area contributed by atoms with Crippen LogP contribution in [0.15, 0.2) is 39.8 Å². The van der Waals surface area contributed by atoms with Gasteiger partial charge in [0.25, 0.3) is 10.0 Å². The molecule has 0 unspecified atom stereocenters. The molecule has 1 aromatic carbocycles. The quantitative estimate of drug-likeness (QED) is 0.870. The third-order valence-corrected chi connectivity index (χ3v) is 5.26. The molecule has 6 nitrogen and oxygen atoms in total. The maximum absolute atomic E-state index is 12.4. The maximum Gasteiger partial charge on any atom is 0.264 e. The molecule has 0 atom stereocenters. The van der Waals surface area contributed by atoms with Crippen LogP contribution in [0.4, 0.5) is 5.82 Å². The molecule has 0 amide bonds. The van der Waals surface area contributed by atoms with Gasteiger partial charge in [0.1, 0.15) is 4.90 Å². The molecule has 106 valence electrons. The van der Waals surface area contributed by atoms with E-state index >= 15 is 0 Å². The normalized spacial score (nSPS) is 11.3. The first kappa shape index (κ1) is 14.9. The first-order chi connectivity index (χ1) is 9.44. The number of anilines is 1. The van der Waals surface area contributed by atoms with Crippen LogP contribution in [0.5, 0.6) is 0 Å². The van der Waals surface area contributed by atoms with Gasteiger partial charge in [-0.3, -0.25) is 4.72 Å². The number of aromatic nitrogens is 2. The standard InChI is InChI=1S/C12H12BrN3O3S/c1-8-5-9(7-17)6-10(12(8)13)20(18,19)16-11-3-2-4-14-15-11/h2-6,17H,7H2,1H3,(H,15,16). The van der Waals surface area contributed by atoms with Crippen molar-refractivity contribution in [2.75, 3.05) is 4.72 Å². The monoisotopic (exact) mass is 357 g/mol. The summed E-state index contributed by atoms with van der Waals surface area (Å²) in [5.74, 6) is 0.131. The van der Waals surface area contributed by atoms with Gasteiger partial charge in [-0.1, -0.05) is 6.07 Å². The lowest BCUT2D eigenvalue weighted by Crippen LogP contribution is -2.15. The van der Waals surface area contributed by atoms with Gasteiger partial charge < -0.3 is 5.11 Å². The number of rotatable bonds is 4. The summed E-state index contributed by atoms with van der Waals surface area (Å²) in [6, 6.07) is 6.21. The maximum atomic E-state index is 12.4. The van der Waals surface area contributed by atoms with Gasteiger partial charge in [0, 0.05) is 10.7 Å². The second-order valence-corrected chi connectivity index (χ2v) is 6.54. The van der Waals surface area contributed by atoms with E-state index in [1.807, 2.05) is 0 Å². The van der Waals surface area contributed by atoms with E-state index in [1.54, 1.807) is 19.1 Å². The fourth-order valence-electron chi connectivity index (χ4n) is 1.64. The van der Waals surface area contributed by atoms with Crippen molar-refractivity contribution in [3.63, 3.8) is 0 Å². The van der Waals surface area contributed by atoms with Crippen LogP contribution in [0, 0.1) is 6.92 Å². The number of aryl methyl sites for hydroxylation is 1. The zero-order valence-corrected chi connectivity index (χ0v) is 12.9. The lowest BCUT2D eigenvalue weighted by Gasteiger charge is -2.11. The van der Waals surface area contributed by atoms with Crippen molar-refractivity contribution in [2.24, 2.45) is 0 Å². The first-order valence-corrected chi connectivity index (χ1v) is 7.92. The zero-order valence-electron chi connectivity index (χ0n) is 10.5. The van der Waals surface area contributed by atoms with E-state index in [-0.39, 0.29) is 17.3 Å². The molecule has 0 fully saturated rings. The smallest absolute Gasteiger partial charge is 0.264 e. The van der Waals surface area contributed by atoms with E-state index in [2.05, 4.69) is 30.8 Å². The van der Waals surface area contributed by atoms with Gasteiger partial charge in [-0.15, -0.1) is 5.10 Å². The molecule has 1 heterocycles. The molecule has 2 N–H and O–H groups in total. The number of halogens is 1. The molecule has 0 radical (unpaired) electrons. The topological polar surface area (TPSA) is 92.2 Å². The van der Waals surface area contributed by atoms with Crippen molar-refractivity contribution in [1.82, 2.24) is 10.2 Å². The first-order valence-electron chi connectivity index (χ1n) is 5.64. The molecule has 0 saturated heterocycles. The van der Waals surface area contributed by atoms with E-state index < -0.39 is 10.0 Å². The second kappa shape index (κ2) is 5.86. The molecule has 0 saturated carbocycles. The molecule has 20 heavy (non-hydrogen) atoms. The lowest BCUT2D eigenvalue weighted by molar-refractivity contribution is 0.281. The van der Waals surface area contributed by atoms with Crippen molar-refractivity contribution >= 4 is 31.8 Å².